The van der Waals surface area contributed by atoms with Crippen LogP contribution in [0.15, 0.2) is 35.0 Å². The van der Waals surface area contributed by atoms with Crippen molar-refractivity contribution in [3.05, 3.63) is 47.3 Å². The highest BCUT2D eigenvalue weighted by Gasteiger charge is 2.05. The molecule has 0 bridgehead atoms. The number of aromatic nitrogens is 4. The first-order chi connectivity index (χ1) is 10.6. The SMILES string of the molecule is Cc1cc(Nc2cnnc(Nc3ccc(C)c(C)c3)n2)no1. The normalized spacial score (nSPS) is 10.5. The Morgan fingerprint density at radius 3 is 2.55 bits per heavy atom. The number of hydrogen-bond donors (Lipinski definition) is 2. The van der Waals surface area contributed by atoms with E-state index in [1.54, 1.807) is 6.07 Å². The van der Waals surface area contributed by atoms with Crippen molar-refractivity contribution in [2.75, 3.05) is 10.6 Å². The molecule has 0 atom stereocenters. The lowest BCUT2D eigenvalue weighted by Crippen LogP contribution is -2.02. The van der Waals surface area contributed by atoms with E-state index in [0.29, 0.717) is 17.6 Å². The second kappa shape index (κ2) is 5.80. The fourth-order valence-electron chi connectivity index (χ4n) is 1.92. The standard InChI is InChI=1S/C15H16N6O/c1-9-4-5-12(6-10(9)2)17-15-19-14(8-16-20-15)18-13-7-11(3)22-21-13/h4-8H,1-3H3,(H2,17,18,19,20,21). The van der Waals surface area contributed by atoms with E-state index in [1.165, 1.54) is 17.3 Å². The smallest absolute Gasteiger partial charge is 0.249 e. The minimum Gasteiger partial charge on any atom is -0.360 e. The summed E-state index contributed by atoms with van der Waals surface area (Å²) < 4.78 is 5.00. The molecule has 7 nitrogen and oxygen atoms in total. The second-order valence-corrected chi connectivity index (χ2v) is 5.04. The van der Waals surface area contributed by atoms with Crippen molar-refractivity contribution < 1.29 is 4.52 Å². The first-order valence-corrected chi connectivity index (χ1v) is 6.84. The van der Waals surface area contributed by atoms with E-state index in [0.717, 1.165) is 11.4 Å². The summed E-state index contributed by atoms with van der Waals surface area (Å²) >= 11 is 0. The van der Waals surface area contributed by atoms with Crippen LogP contribution in [0.2, 0.25) is 0 Å². The van der Waals surface area contributed by atoms with Crippen LogP contribution in [-0.4, -0.2) is 20.3 Å². The van der Waals surface area contributed by atoms with Gasteiger partial charge in [-0.15, -0.1) is 5.10 Å². The van der Waals surface area contributed by atoms with Gasteiger partial charge in [0.05, 0.1) is 6.20 Å². The molecule has 0 spiro atoms. The zero-order chi connectivity index (χ0) is 15.5. The summed E-state index contributed by atoms with van der Waals surface area (Å²) in [7, 11) is 0. The highest BCUT2D eigenvalue weighted by molar-refractivity contribution is 5.57. The number of benzene rings is 1. The van der Waals surface area contributed by atoms with Crippen molar-refractivity contribution in [2.45, 2.75) is 20.8 Å². The van der Waals surface area contributed by atoms with E-state index < -0.39 is 0 Å². The molecule has 0 saturated carbocycles. The lowest BCUT2D eigenvalue weighted by Gasteiger charge is -2.08. The molecule has 0 aliphatic heterocycles. The molecule has 7 heteroatoms. The van der Waals surface area contributed by atoms with Crippen LogP contribution in [0, 0.1) is 20.8 Å². The molecule has 0 fully saturated rings. The monoisotopic (exact) mass is 296 g/mol. The van der Waals surface area contributed by atoms with E-state index in [2.05, 4.69) is 44.8 Å². The molecule has 0 radical (unpaired) electrons. The number of anilines is 4. The van der Waals surface area contributed by atoms with Crippen molar-refractivity contribution in [3.63, 3.8) is 0 Å². The highest BCUT2D eigenvalue weighted by Crippen LogP contribution is 2.18. The Hall–Kier alpha value is -2.96. The number of nitrogens with one attached hydrogen (secondary N) is 2. The average molecular weight is 296 g/mol. The van der Waals surface area contributed by atoms with Gasteiger partial charge in [0.15, 0.2) is 11.6 Å². The number of hydrogen-bond acceptors (Lipinski definition) is 7. The Bertz CT molecular complexity index is 798. The van der Waals surface area contributed by atoms with Gasteiger partial charge in [-0.1, -0.05) is 11.2 Å². The van der Waals surface area contributed by atoms with E-state index in [4.69, 9.17) is 4.52 Å². The van der Waals surface area contributed by atoms with Gasteiger partial charge in [0.25, 0.3) is 0 Å². The van der Waals surface area contributed by atoms with Crippen molar-refractivity contribution in [1.82, 2.24) is 20.3 Å². The quantitative estimate of drug-likeness (QED) is 0.763. The van der Waals surface area contributed by atoms with Crippen LogP contribution < -0.4 is 10.6 Å². The summed E-state index contributed by atoms with van der Waals surface area (Å²) in [6.07, 6.45) is 1.52. The molecular weight excluding hydrogens is 280 g/mol. The third-order valence-corrected chi connectivity index (χ3v) is 3.21. The average Bonchev–Trinajstić information content (AvgIpc) is 2.89. The van der Waals surface area contributed by atoms with Crippen molar-refractivity contribution in [3.8, 4) is 0 Å². The molecule has 0 unspecified atom stereocenters. The summed E-state index contributed by atoms with van der Waals surface area (Å²) in [5, 5.41) is 17.9. The van der Waals surface area contributed by atoms with Gasteiger partial charge in [-0.05, 0) is 44.0 Å². The molecule has 22 heavy (non-hydrogen) atoms. The Kier molecular flexibility index (Phi) is 3.69. The molecule has 3 aromatic rings. The summed E-state index contributed by atoms with van der Waals surface area (Å²) in [6, 6.07) is 7.84. The van der Waals surface area contributed by atoms with Crippen molar-refractivity contribution >= 4 is 23.3 Å². The van der Waals surface area contributed by atoms with Gasteiger partial charge in [0.1, 0.15) is 5.76 Å². The number of nitrogens with zero attached hydrogens (tertiary/aromatic N) is 4. The maximum absolute atomic E-state index is 5.00. The van der Waals surface area contributed by atoms with Crippen molar-refractivity contribution in [2.24, 2.45) is 0 Å². The van der Waals surface area contributed by atoms with Gasteiger partial charge in [0, 0.05) is 11.8 Å². The van der Waals surface area contributed by atoms with Gasteiger partial charge in [-0.25, -0.2) is 0 Å². The van der Waals surface area contributed by atoms with Gasteiger partial charge in [-0.3, -0.25) is 0 Å². The van der Waals surface area contributed by atoms with Crippen LogP contribution in [0.5, 0.6) is 0 Å². The van der Waals surface area contributed by atoms with Crippen LogP contribution in [0.25, 0.3) is 0 Å². The summed E-state index contributed by atoms with van der Waals surface area (Å²) in [4.78, 5) is 4.35. The third kappa shape index (κ3) is 3.20. The minimum absolute atomic E-state index is 0.411. The van der Waals surface area contributed by atoms with Gasteiger partial charge in [-0.2, -0.15) is 10.1 Å². The summed E-state index contributed by atoms with van der Waals surface area (Å²) in [5.74, 6) is 2.25. The number of aryl methyl sites for hydroxylation is 3. The minimum atomic E-state index is 0.411. The molecule has 2 heterocycles. The van der Waals surface area contributed by atoms with Gasteiger partial charge < -0.3 is 15.2 Å². The second-order valence-electron chi connectivity index (χ2n) is 5.04. The summed E-state index contributed by atoms with van der Waals surface area (Å²) in [5.41, 5.74) is 3.35. The van der Waals surface area contributed by atoms with E-state index in [1.807, 2.05) is 25.1 Å². The molecule has 1 aromatic carbocycles. The molecule has 2 aromatic heterocycles. The Labute approximate surface area is 127 Å². The largest absolute Gasteiger partial charge is 0.360 e. The maximum Gasteiger partial charge on any atom is 0.249 e. The van der Waals surface area contributed by atoms with Gasteiger partial charge >= 0.3 is 0 Å². The van der Waals surface area contributed by atoms with E-state index in [9.17, 15) is 0 Å². The number of rotatable bonds is 4. The van der Waals surface area contributed by atoms with Crippen molar-refractivity contribution in [1.29, 1.82) is 0 Å². The maximum atomic E-state index is 5.00. The van der Waals surface area contributed by atoms with E-state index in [-0.39, 0.29) is 0 Å². The molecule has 0 amide bonds. The first kappa shape index (κ1) is 14.0. The van der Waals surface area contributed by atoms with Crippen LogP contribution in [-0.2, 0) is 0 Å². The third-order valence-electron chi connectivity index (χ3n) is 3.21. The lowest BCUT2D eigenvalue weighted by molar-refractivity contribution is 0.400. The predicted molar refractivity (Wildman–Crippen MR) is 83.5 cm³/mol. The lowest BCUT2D eigenvalue weighted by atomic mass is 10.1. The Balaban J connectivity index is 1.77. The molecule has 3 rings (SSSR count). The fraction of sp³-hybridized carbons (Fsp3) is 0.200. The molecule has 0 saturated heterocycles. The van der Waals surface area contributed by atoms with Crippen LogP contribution in [0.3, 0.4) is 0 Å². The molecule has 2 N–H and O–H groups in total. The first-order valence-electron chi connectivity index (χ1n) is 6.84. The molecule has 0 aliphatic carbocycles. The fourth-order valence-corrected chi connectivity index (χ4v) is 1.92. The van der Waals surface area contributed by atoms with Crippen LogP contribution in [0.1, 0.15) is 16.9 Å². The van der Waals surface area contributed by atoms with E-state index >= 15 is 0 Å². The zero-order valence-electron chi connectivity index (χ0n) is 12.6. The Morgan fingerprint density at radius 1 is 0.955 bits per heavy atom. The predicted octanol–water partition coefficient (Wildman–Crippen LogP) is 3.27. The van der Waals surface area contributed by atoms with Gasteiger partial charge in [0.2, 0.25) is 5.95 Å². The molecular formula is C15H16N6O. The Morgan fingerprint density at radius 2 is 1.82 bits per heavy atom. The zero-order valence-corrected chi connectivity index (χ0v) is 12.6. The molecule has 112 valence electrons. The topological polar surface area (TPSA) is 88.8 Å². The highest BCUT2D eigenvalue weighted by atomic mass is 16.5. The van der Waals surface area contributed by atoms with Crippen LogP contribution in [0.4, 0.5) is 23.3 Å². The molecule has 0 aliphatic rings. The summed E-state index contributed by atoms with van der Waals surface area (Å²) in [6.45, 7) is 5.95. The van der Waals surface area contributed by atoms with Crippen LogP contribution >= 0.6 is 0 Å².